The first-order valence-corrected chi connectivity index (χ1v) is 7.46. The molecule has 0 aliphatic carbocycles. The molecule has 2 aromatic rings. The SMILES string of the molecule is Cc1ccc(CNC(=O)c2cccc(C#CCO)c2C)s1. The summed E-state index contributed by atoms with van der Waals surface area (Å²) in [5, 5.41) is 11.7. The van der Waals surface area contributed by atoms with Crippen LogP contribution < -0.4 is 5.32 Å². The molecular formula is C17H17NO2S. The number of nitrogens with one attached hydrogen (secondary N) is 1. The first-order chi connectivity index (χ1) is 10.1. The Bertz CT molecular complexity index is 707. The van der Waals surface area contributed by atoms with Gasteiger partial charge in [0.25, 0.3) is 5.91 Å². The van der Waals surface area contributed by atoms with Crippen molar-refractivity contribution in [1.29, 1.82) is 0 Å². The highest BCUT2D eigenvalue weighted by Gasteiger charge is 2.10. The summed E-state index contributed by atoms with van der Waals surface area (Å²) in [6, 6.07) is 9.50. The summed E-state index contributed by atoms with van der Waals surface area (Å²) in [5.74, 6) is 5.36. The van der Waals surface area contributed by atoms with E-state index in [9.17, 15) is 4.79 Å². The lowest BCUT2D eigenvalue weighted by Crippen LogP contribution is -2.23. The summed E-state index contributed by atoms with van der Waals surface area (Å²) in [6.45, 7) is 4.26. The van der Waals surface area contributed by atoms with E-state index in [0.717, 1.165) is 16.0 Å². The van der Waals surface area contributed by atoms with Crippen LogP contribution in [0.15, 0.2) is 30.3 Å². The molecule has 0 saturated carbocycles. The Balaban J connectivity index is 2.12. The third-order valence-corrected chi connectivity index (χ3v) is 4.10. The van der Waals surface area contributed by atoms with Crippen molar-refractivity contribution in [3.63, 3.8) is 0 Å². The molecule has 0 saturated heterocycles. The minimum atomic E-state index is -0.187. The Hall–Kier alpha value is -2.09. The van der Waals surface area contributed by atoms with Crippen LogP contribution >= 0.6 is 11.3 Å². The molecular weight excluding hydrogens is 282 g/mol. The summed E-state index contributed by atoms with van der Waals surface area (Å²) in [5.41, 5.74) is 2.22. The second kappa shape index (κ2) is 7.07. The third-order valence-electron chi connectivity index (χ3n) is 3.10. The molecule has 0 unspecified atom stereocenters. The van der Waals surface area contributed by atoms with Crippen LogP contribution in [0.5, 0.6) is 0 Å². The fourth-order valence-corrected chi connectivity index (χ4v) is 2.82. The number of carbonyl (C=O) groups is 1. The highest BCUT2D eigenvalue weighted by Crippen LogP contribution is 2.16. The molecule has 1 heterocycles. The standard InChI is InChI=1S/C17H17NO2S/c1-12-8-9-15(21-12)11-18-17(20)16-7-3-5-14(13(16)2)6-4-10-19/h3,5,7-9,19H,10-11H2,1-2H3,(H,18,20). The molecule has 2 rings (SSSR count). The zero-order valence-electron chi connectivity index (χ0n) is 12.1. The van der Waals surface area contributed by atoms with Crippen molar-refractivity contribution in [2.45, 2.75) is 20.4 Å². The lowest BCUT2D eigenvalue weighted by molar-refractivity contribution is 0.0950. The van der Waals surface area contributed by atoms with Crippen molar-refractivity contribution in [2.75, 3.05) is 6.61 Å². The van der Waals surface area contributed by atoms with Gasteiger partial charge in [-0.25, -0.2) is 0 Å². The number of aryl methyl sites for hydroxylation is 1. The van der Waals surface area contributed by atoms with Crippen molar-refractivity contribution in [2.24, 2.45) is 0 Å². The van der Waals surface area contributed by atoms with E-state index in [2.05, 4.69) is 17.2 Å². The monoisotopic (exact) mass is 299 g/mol. The van der Waals surface area contributed by atoms with E-state index in [0.29, 0.717) is 12.1 Å². The van der Waals surface area contributed by atoms with Gasteiger partial charge in [-0.15, -0.1) is 11.3 Å². The summed E-state index contributed by atoms with van der Waals surface area (Å²) in [7, 11) is 0. The number of aliphatic hydroxyl groups is 1. The van der Waals surface area contributed by atoms with Gasteiger partial charge in [-0.05, 0) is 43.7 Å². The van der Waals surface area contributed by atoms with Crippen LogP contribution in [0.25, 0.3) is 0 Å². The first-order valence-electron chi connectivity index (χ1n) is 6.64. The molecule has 1 amide bonds. The maximum atomic E-state index is 12.3. The van der Waals surface area contributed by atoms with Crippen LogP contribution in [0.4, 0.5) is 0 Å². The zero-order chi connectivity index (χ0) is 15.2. The largest absolute Gasteiger partial charge is 0.384 e. The Morgan fingerprint density at radius 2 is 2.10 bits per heavy atom. The number of thiophene rings is 1. The Labute approximate surface area is 128 Å². The van der Waals surface area contributed by atoms with Gasteiger partial charge in [0.15, 0.2) is 0 Å². The van der Waals surface area contributed by atoms with E-state index < -0.39 is 0 Å². The second-order valence-electron chi connectivity index (χ2n) is 4.63. The Morgan fingerprint density at radius 1 is 1.29 bits per heavy atom. The number of aliphatic hydroxyl groups excluding tert-OH is 1. The molecule has 0 aliphatic rings. The van der Waals surface area contributed by atoms with Crippen molar-refractivity contribution in [1.82, 2.24) is 5.32 Å². The van der Waals surface area contributed by atoms with E-state index in [-0.39, 0.29) is 12.5 Å². The fraction of sp³-hybridized carbons (Fsp3) is 0.235. The molecule has 0 spiro atoms. The molecule has 0 radical (unpaired) electrons. The van der Waals surface area contributed by atoms with Crippen LogP contribution in [-0.2, 0) is 6.54 Å². The lowest BCUT2D eigenvalue weighted by atomic mass is 10.0. The number of amides is 1. The molecule has 0 atom stereocenters. The maximum absolute atomic E-state index is 12.3. The topological polar surface area (TPSA) is 49.3 Å². The first kappa shape index (κ1) is 15.3. The average molecular weight is 299 g/mol. The molecule has 3 nitrogen and oxygen atoms in total. The molecule has 1 aromatic carbocycles. The van der Waals surface area contributed by atoms with E-state index in [1.54, 1.807) is 23.5 Å². The van der Waals surface area contributed by atoms with Crippen molar-refractivity contribution < 1.29 is 9.90 Å². The van der Waals surface area contributed by atoms with Crippen LogP contribution in [-0.4, -0.2) is 17.6 Å². The molecule has 108 valence electrons. The van der Waals surface area contributed by atoms with Gasteiger partial charge in [-0.1, -0.05) is 17.9 Å². The number of benzene rings is 1. The van der Waals surface area contributed by atoms with Crippen LogP contribution in [0.2, 0.25) is 0 Å². The molecule has 0 aliphatic heterocycles. The van der Waals surface area contributed by atoms with Gasteiger partial charge in [0.05, 0.1) is 6.54 Å². The molecule has 0 fully saturated rings. The molecule has 1 aromatic heterocycles. The molecule has 21 heavy (non-hydrogen) atoms. The van der Waals surface area contributed by atoms with E-state index in [1.165, 1.54) is 4.88 Å². The minimum absolute atomic E-state index is 0.105. The maximum Gasteiger partial charge on any atom is 0.251 e. The summed E-state index contributed by atoms with van der Waals surface area (Å²) in [6.07, 6.45) is 0. The smallest absolute Gasteiger partial charge is 0.251 e. The Kier molecular flexibility index (Phi) is 5.15. The fourth-order valence-electron chi connectivity index (χ4n) is 1.99. The second-order valence-corrected chi connectivity index (χ2v) is 6.01. The number of hydrogen-bond acceptors (Lipinski definition) is 3. The number of carbonyl (C=O) groups excluding carboxylic acids is 1. The normalized spacial score (nSPS) is 9.86. The number of rotatable bonds is 3. The highest BCUT2D eigenvalue weighted by atomic mass is 32.1. The highest BCUT2D eigenvalue weighted by molar-refractivity contribution is 7.11. The van der Waals surface area contributed by atoms with Gasteiger partial charge >= 0.3 is 0 Å². The van der Waals surface area contributed by atoms with Crippen LogP contribution in [0, 0.1) is 25.7 Å². The average Bonchev–Trinajstić information content (AvgIpc) is 2.89. The minimum Gasteiger partial charge on any atom is -0.384 e. The van der Waals surface area contributed by atoms with E-state index in [4.69, 9.17) is 5.11 Å². The van der Waals surface area contributed by atoms with Gasteiger partial charge in [-0.2, -0.15) is 0 Å². The molecule has 0 bridgehead atoms. The zero-order valence-corrected chi connectivity index (χ0v) is 12.9. The third kappa shape index (κ3) is 3.94. The summed E-state index contributed by atoms with van der Waals surface area (Å²) in [4.78, 5) is 14.6. The van der Waals surface area contributed by atoms with Crippen molar-refractivity contribution in [3.8, 4) is 11.8 Å². The van der Waals surface area contributed by atoms with Gasteiger partial charge in [0.1, 0.15) is 6.61 Å². The van der Waals surface area contributed by atoms with Crippen molar-refractivity contribution >= 4 is 17.2 Å². The predicted octanol–water partition coefficient (Wildman–Crippen LogP) is 2.64. The number of hydrogen-bond donors (Lipinski definition) is 2. The summed E-state index contributed by atoms with van der Waals surface area (Å²) < 4.78 is 0. The summed E-state index contributed by atoms with van der Waals surface area (Å²) >= 11 is 1.68. The quantitative estimate of drug-likeness (QED) is 0.856. The van der Waals surface area contributed by atoms with Gasteiger partial charge in [0, 0.05) is 20.9 Å². The molecule has 2 N–H and O–H groups in total. The van der Waals surface area contributed by atoms with E-state index >= 15 is 0 Å². The molecule has 4 heteroatoms. The van der Waals surface area contributed by atoms with E-state index in [1.807, 2.05) is 32.0 Å². The Morgan fingerprint density at radius 3 is 2.76 bits per heavy atom. The predicted molar refractivity (Wildman–Crippen MR) is 85.4 cm³/mol. The van der Waals surface area contributed by atoms with Gasteiger partial charge < -0.3 is 10.4 Å². The van der Waals surface area contributed by atoms with Gasteiger partial charge in [0.2, 0.25) is 0 Å². The lowest BCUT2D eigenvalue weighted by Gasteiger charge is -2.08. The van der Waals surface area contributed by atoms with Crippen LogP contribution in [0.3, 0.4) is 0 Å². The van der Waals surface area contributed by atoms with Crippen molar-refractivity contribution in [3.05, 3.63) is 56.8 Å². The van der Waals surface area contributed by atoms with Crippen LogP contribution in [0.1, 0.15) is 31.2 Å². The van der Waals surface area contributed by atoms with Gasteiger partial charge in [-0.3, -0.25) is 4.79 Å².